The lowest BCUT2D eigenvalue weighted by molar-refractivity contribution is 0.714. The third-order valence-corrected chi connectivity index (χ3v) is 2.37. The molecule has 1 rings (SSSR count). The Morgan fingerprint density at radius 2 is 2.07 bits per heavy atom. The highest BCUT2D eigenvalue weighted by molar-refractivity contribution is 5.23. The Bertz CT molecular complexity index is 292. The van der Waals surface area contributed by atoms with E-state index in [4.69, 9.17) is 0 Å². The van der Waals surface area contributed by atoms with Gasteiger partial charge in [0.15, 0.2) is 0 Å². The second-order valence-electron chi connectivity index (χ2n) is 3.92. The molecule has 0 aromatic carbocycles. The smallest absolute Gasteiger partial charge is 0.0432 e. The fourth-order valence-corrected chi connectivity index (χ4v) is 1.38. The Hall–Kier alpha value is -0.890. The summed E-state index contributed by atoms with van der Waals surface area (Å²) in [5.41, 5.74) is 3.64. The second kappa shape index (κ2) is 5.11. The number of rotatable bonds is 4. The number of pyridine rings is 1. The van der Waals surface area contributed by atoms with Gasteiger partial charge in [0.05, 0.1) is 0 Å². The molecule has 0 unspecified atom stereocenters. The summed E-state index contributed by atoms with van der Waals surface area (Å²) in [5, 5.41) is 3.31. The molecule has 0 aliphatic heterocycles. The van der Waals surface area contributed by atoms with E-state index < -0.39 is 0 Å². The molecule has 0 aliphatic carbocycles. The molecular weight excluding hydrogens is 172 g/mol. The number of aromatic nitrogens is 1. The van der Waals surface area contributed by atoms with Crippen LogP contribution >= 0.6 is 0 Å². The molecule has 1 heterocycles. The first-order valence-corrected chi connectivity index (χ1v) is 5.32. The Morgan fingerprint density at radius 1 is 1.36 bits per heavy atom. The molecule has 0 saturated carbocycles. The quantitative estimate of drug-likeness (QED) is 0.793. The van der Waals surface area contributed by atoms with Gasteiger partial charge in [-0.1, -0.05) is 26.8 Å². The summed E-state index contributed by atoms with van der Waals surface area (Å²) in [7, 11) is 0. The molecule has 2 heteroatoms. The summed E-state index contributed by atoms with van der Waals surface area (Å²) in [5.74, 6) is 0.516. The molecule has 78 valence electrons. The maximum Gasteiger partial charge on any atom is 0.0432 e. The van der Waals surface area contributed by atoms with Gasteiger partial charge in [-0.2, -0.15) is 0 Å². The zero-order valence-electron chi connectivity index (χ0n) is 9.59. The maximum absolute atomic E-state index is 4.59. The van der Waals surface area contributed by atoms with Gasteiger partial charge in [-0.05, 0) is 31.0 Å². The van der Waals surface area contributed by atoms with E-state index in [9.17, 15) is 0 Å². The SMILES string of the molecule is CCNCc1ccc(C(C)C)nc1C. The van der Waals surface area contributed by atoms with Crippen LogP contribution in [0.2, 0.25) is 0 Å². The molecule has 0 aliphatic rings. The molecule has 2 nitrogen and oxygen atoms in total. The predicted molar refractivity (Wildman–Crippen MR) is 60.4 cm³/mol. The molecule has 0 bridgehead atoms. The van der Waals surface area contributed by atoms with Gasteiger partial charge in [0, 0.05) is 17.9 Å². The summed E-state index contributed by atoms with van der Waals surface area (Å²) in [6, 6.07) is 4.31. The number of nitrogens with zero attached hydrogens (tertiary/aromatic N) is 1. The molecule has 0 saturated heterocycles. The lowest BCUT2D eigenvalue weighted by Gasteiger charge is -2.09. The Kier molecular flexibility index (Phi) is 4.08. The maximum atomic E-state index is 4.59. The van der Waals surface area contributed by atoms with E-state index in [1.54, 1.807) is 0 Å². The predicted octanol–water partition coefficient (Wildman–Crippen LogP) is 2.62. The minimum atomic E-state index is 0.516. The molecule has 1 aromatic heterocycles. The number of nitrogens with one attached hydrogen (secondary N) is 1. The molecule has 0 atom stereocenters. The van der Waals surface area contributed by atoms with Crippen molar-refractivity contribution in [3.63, 3.8) is 0 Å². The highest BCUT2D eigenvalue weighted by atomic mass is 14.8. The minimum Gasteiger partial charge on any atom is -0.313 e. The van der Waals surface area contributed by atoms with E-state index in [1.807, 2.05) is 0 Å². The van der Waals surface area contributed by atoms with Crippen LogP contribution in [0.5, 0.6) is 0 Å². The highest BCUT2D eigenvalue weighted by Gasteiger charge is 2.03. The average molecular weight is 192 g/mol. The number of hydrogen-bond acceptors (Lipinski definition) is 2. The van der Waals surface area contributed by atoms with Gasteiger partial charge < -0.3 is 5.32 Å². The van der Waals surface area contributed by atoms with Gasteiger partial charge in [0.1, 0.15) is 0 Å². The molecule has 1 aromatic rings. The molecule has 1 N–H and O–H groups in total. The highest BCUT2D eigenvalue weighted by Crippen LogP contribution is 2.14. The van der Waals surface area contributed by atoms with E-state index in [1.165, 1.54) is 11.3 Å². The van der Waals surface area contributed by atoms with Crippen LogP contribution in [0.15, 0.2) is 12.1 Å². The van der Waals surface area contributed by atoms with Crippen LogP contribution in [-0.4, -0.2) is 11.5 Å². The van der Waals surface area contributed by atoms with E-state index in [0.717, 1.165) is 18.8 Å². The fraction of sp³-hybridized carbons (Fsp3) is 0.583. The van der Waals surface area contributed by atoms with Gasteiger partial charge in [-0.25, -0.2) is 0 Å². The van der Waals surface area contributed by atoms with Crippen LogP contribution in [0, 0.1) is 6.92 Å². The molecule has 14 heavy (non-hydrogen) atoms. The first-order chi connectivity index (χ1) is 6.65. The number of hydrogen-bond donors (Lipinski definition) is 1. The van der Waals surface area contributed by atoms with Gasteiger partial charge in [-0.15, -0.1) is 0 Å². The van der Waals surface area contributed by atoms with Gasteiger partial charge in [0.25, 0.3) is 0 Å². The van der Waals surface area contributed by atoms with Crippen molar-refractivity contribution in [1.29, 1.82) is 0 Å². The fourth-order valence-electron chi connectivity index (χ4n) is 1.38. The summed E-state index contributed by atoms with van der Waals surface area (Å²) >= 11 is 0. The Balaban J connectivity index is 2.79. The van der Waals surface area contributed by atoms with Gasteiger partial charge >= 0.3 is 0 Å². The first-order valence-electron chi connectivity index (χ1n) is 5.32. The molecular formula is C12H20N2. The third-order valence-electron chi connectivity index (χ3n) is 2.37. The summed E-state index contributed by atoms with van der Waals surface area (Å²) < 4.78 is 0. The van der Waals surface area contributed by atoms with Crippen molar-refractivity contribution in [3.8, 4) is 0 Å². The van der Waals surface area contributed by atoms with Crippen LogP contribution in [-0.2, 0) is 6.54 Å². The minimum absolute atomic E-state index is 0.516. The summed E-state index contributed by atoms with van der Waals surface area (Å²) in [4.78, 5) is 4.59. The third kappa shape index (κ3) is 2.81. The van der Waals surface area contributed by atoms with Gasteiger partial charge in [0.2, 0.25) is 0 Å². The molecule has 0 amide bonds. The standard InChI is InChI=1S/C12H20N2/c1-5-13-8-11-6-7-12(9(2)3)14-10(11)4/h6-7,9,13H,5,8H2,1-4H3. The normalized spacial score (nSPS) is 10.9. The largest absolute Gasteiger partial charge is 0.313 e. The number of aryl methyl sites for hydroxylation is 1. The van der Waals surface area contributed by atoms with E-state index in [2.05, 4.69) is 50.1 Å². The van der Waals surface area contributed by atoms with Crippen LogP contribution < -0.4 is 5.32 Å². The zero-order chi connectivity index (χ0) is 10.6. The van der Waals surface area contributed by atoms with Crippen molar-refractivity contribution in [2.24, 2.45) is 0 Å². The average Bonchev–Trinajstić information content (AvgIpc) is 2.15. The summed E-state index contributed by atoms with van der Waals surface area (Å²) in [6.07, 6.45) is 0. The lowest BCUT2D eigenvalue weighted by Crippen LogP contribution is -2.13. The van der Waals surface area contributed by atoms with Crippen molar-refractivity contribution in [2.45, 2.75) is 40.2 Å². The lowest BCUT2D eigenvalue weighted by atomic mass is 10.1. The van der Waals surface area contributed by atoms with Crippen molar-refractivity contribution in [1.82, 2.24) is 10.3 Å². The molecule has 0 spiro atoms. The monoisotopic (exact) mass is 192 g/mol. The molecule has 0 radical (unpaired) electrons. The van der Waals surface area contributed by atoms with Crippen LogP contribution in [0.25, 0.3) is 0 Å². The first kappa shape index (κ1) is 11.2. The van der Waals surface area contributed by atoms with Crippen LogP contribution in [0.4, 0.5) is 0 Å². The molecule has 0 fully saturated rings. The van der Waals surface area contributed by atoms with Crippen molar-refractivity contribution >= 4 is 0 Å². The van der Waals surface area contributed by atoms with E-state index in [0.29, 0.717) is 5.92 Å². The Morgan fingerprint density at radius 3 is 2.57 bits per heavy atom. The van der Waals surface area contributed by atoms with E-state index in [-0.39, 0.29) is 0 Å². The van der Waals surface area contributed by atoms with E-state index >= 15 is 0 Å². The topological polar surface area (TPSA) is 24.9 Å². The van der Waals surface area contributed by atoms with Gasteiger partial charge in [-0.3, -0.25) is 4.98 Å². The second-order valence-corrected chi connectivity index (χ2v) is 3.92. The summed E-state index contributed by atoms with van der Waals surface area (Å²) in [6.45, 7) is 10.5. The van der Waals surface area contributed by atoms with Crippen molar-refractivity contribution in [3.05, 3.63) is 29.1 Å². The van der Waals surface area contributed by atoms with Crippen LogP contribution in [0.3, 0.4) is 0 Å². The zero-order valence-corrected chi connectivity index (χ0v) is 9.59. The van der Waals surface area contributed by atoms with Crippen molar-refractivity contribution < 1.29 is 0 Å². The van der Waals surface area contributed by atoms with Crippen molar-refractivity contribution in [2.75, 3.05) is 6.54 Å². The van der Waals surface area contributed by atoms with Crippen LogP contribution in [0.1, 0.15) is 43.6 Å². The Labute approximate surface area is 86.8 Å².